The number of allylic oxidation sites excluding steroid dienone is 2. The highest BCUT2D eigenvalue weighted by Gasteiger charge is 1.87. The van der Waals surface area contributed by atoms with Gasteiger partial charge in [-0.3, -0.25) is 0 Å². The summed E-state index contributed by atoms with van der Waals surface area (Å²) in [7, 11) is 0. The van der Waals surface area contributed by atoms with Gasteiger partial charge in [0.1, 0.15) is 5.76 Å². The van der Waals surface area contributed by atoms with Gasteiger partial charge in [0.25, 0.3) is 0 Å². The Labute approximate surface area is 58.9 Å². The minimum atomic E-state index is 0.755. The van der Waals surface area contributed by atoms with Gasteiger partial charge >= 0.3 is 0 Å². The van der Waals surface area contributed by atoms with E-state index in [0.29, 0.717) is 0 Å². The molecule has 0 atom stereocenters. The fraction of sp³-hybridized carbons (Fsp3) is 0.667. The van der Waals surface area contributed by atoms with Crippen LogP contribution in [0.4, 0.5) is 0 Å². The quantitative estimate of drug-likeness (QED) is 0.477. The van der Waals surface area contributed by atoms with Crippen molar-refractivity contribution < 1.29 is 4.74 Å². The lowest BCUT2D eigenvalue weighted by Crippen LogP contribution is -1.90. The molecule has 0 heterocycles. The highest BCUT2D eigenvalue weighted by Crippen LogP contribution is 1.99. The molecule has 0 saturated heterocycles. The summed E-state index contributed by atoms with van der Waals surface area (Å²) < 4.78 is 5.15. The van der Waals surface area contributed by atoms with Gasteiger partial charge in [-0.1, -0.05) is 15.9 Å². The summed E-state index contributed by atoms with van der Waals surface area (Å²) >= 11 is 3.28. The summed E-state index contributed by atoms with van der Waals surface area (Å²) in [6.45, 7) is 4.70. The van der Waals surface area contributed by atoms with Crippen molar-refractivity contribution in [3.05, 3.63) is 11.8 Å². The summed E-state index contributed by atoms with van der Waals surface area (Å²) in [6.07, 6.45) is 1.96. The largest absolute Gasteiger partial charge is 0.498 e. The number of alkyl halides is 1. The molecule has 0 radical (unpaired) electrons. The molecular weight excluding hydrogens is 168 g/mol. The van der Waals surface area contributed by atoms with E-state index in [9.17, 15) is 0 Å². The van der Waals surface area contributed by atoms with E-state index in [1.54, 1.807) is 0 Å². The lowest BCUT2D eigenvalue weighted by molar-refractivity contribution is 0.233. The van der Waals surface area contributed by atoms with E-state index >= 15 is 0 Å². The van der Waals surface area contributed by atoms with Gasteiger partial charge in [-0.15, -0.1) is 0 Å². The third kappa shape index (κ3) is 3.08. The van der Waals surface area contributed by atoms with Crippen molar-refractivity contribution in [3.8, 4) is 0 Å². The molecule has 0 aliphatic carbocycles. The van der Waals surface area contributed by atoms with Crippen LogP contribution < -0.4 is 0 Å². The average molecular weight is 179 g/mol. The lowest BCUT2D eigenvalue weighted by atomic mass is 10.5. The molecule has 0 fully saturated rings. The molecule has 0 saturated carbocycles. The molecule has 2 heteroatoms. The first kappa shape index (κ1) is 8.02. The molecule has 1 nitrogen and oxygen atoms in total. The van der Waals surface area contributed by atoms with E-state index < -0.39 is 0 Å². The Hall–Kier alpha value is 0.0200. The van der Waals surface area contributed by atoms with Crippen LogP contribution in [0.2, 0.25) is 0 Å². The van der Waals surface area contributed by atoms with E-state index in [2.05, 4.69) is 15.9 Å². The first-order valence-electron chi connectivity index (χ1n) is 2.69. The number of rotatable bonds is 3. The Morgan fingerprint density at radius 1 is 1.75 bits per heavy atom. The zero-order valence-electron chi connectivity index (χ0n) is 5.28. The standard InChI is InChI=1S/C6H11BrO/c1-3-6(5-7)8-4-2/h3H,4-5H2,1-2H3/b6-3+. The molecule has 8 heavy (non-hydrogen) atoms. The maximum Gasteiger partial charge on any atom is 0.102 e. The van der Waals surface area contributed by atoms with Crippen molar-refractivity contribution in [1.29, 1.82) is 0 Å². The summed E-state index contributed by atoms with van der Waals surface area (Å²) in [5, 5.41) is 0.817. The summed E-state index contributed by atoms with van der Waals surface area (Å²) in [6, 6.07) is 0. The van der Waals surface area contributed by atoms with Crippen LogP contribution in [-0.4, -0.2) is 11.9 Å². The number of ether oxygens (including phenoxy) is 1. The molecule has 0 spiro atoms. The van der Waals surface area contributed by atoms with Crippen LogP contribution in [0.3, 0.4) is 0 Å². The van der Waals surface area contributed by atoms with Gasteiger partial charge in [0.15, 0.2) is 0 Å². The molecule has 0 amide bonds. The summed E-state index contributed by atoms with van der Waals surface area (Å²) in [4.78, 5) is 0. The smallest absolute Gasteiger partial charge is 0.102 e. The summed E-state index contributed by atoms with van der Waals surface area (Å²) in [5.41, 5.74) is 0. The first-order valence-corrected chi connectivity index (χ1v) is 3.81. The predicted molar refractivity (Wildman–Crippen MR) is 39.2 cm³/mol. The van der Waals surface area contributed by atoms with Gasteiger partial charge < -0.3 is 4.74 Å². The second-order valence-corrected chi connectivity index (χ2v) is 1.88. The van der Waals surface area contributed by atoms with Crippen molar-refractivity contribution >= 4 is 15.9 Å². The summed E-state index contributed by atoms with van der Waals surface area (Å²) in [5.74, 6) is 1.01. The number of hydrogen-bond donors (Lipinski definition) is 0. The zero-order valence-corrected chi connectivity index (χ0v) is 6.86. The second kappa shape index (κ2) is 5.16. The molecular formula is C6H11BrO. The Bertz CT molecular complexity index is 78.6. The monoisotopic (exact) mass is 178 g/mol. The van der Waals surface area contributed by atoms with Gasteiger partial charge in [0.2, 0.25) is 0 Å². The van der Waals surface area contributed by atoms with Gasteiger partial charge in [-0.2, -0.15) is 0 Å². The zero-order chi connectivity index (χ0) is 6.41. The molecule has 48 valence electrons. The Morgan fingerprint density at radius 2 is 2.38 bits per heavy atom. The SMILES string of the molecule is C/C=C(\CBr)OCC. The van der Waals surface area contributed by atoms with Crippen LogP contribution in [0.5, 0.6) is 0 Å². The van der Waals surface area contributed by atoms with Crippen LogP contribution in [0.15, 0.2) is 11.8 Å². The van der Waals surface area contributed by atoms with Gasteiger partial charge in [-0.05, 0) is 19.9 Å². The van der Waals surface area contributed by atoms with E-state index in [-0.39, 0.29) is 0 Å². The Morgan fingerprint density at radius 3 is 2.50 bits per heavy atom. The van der Waals surface area contributed by atoms with Gasteiger partial charge in [0.05, 0.1) is 11.9 Å². The highest BCUT2D eigenvalue weighted by atomic mass is 79.9. The molecule has 0 unspecified atom stereocenters. The maximum atomic E-state index is 5.15. The van der Waals surface area contributed by atoms with E-state index in [4.69, 9.17) is 4.74 Å². The first-order chi connectivity index (χ1) is 3.85. The van der Waals surface area contributed by atoms with Crippen molar-refractivity contribution in [1.82, 2.24) is 0 Å². The average Bonchev–Trinajstić information content (AvgIpc) is 1.83. The van der Waals surface area contributed by atoms with Crippen molar-refractivity contribution in [3.63, 3.8) is 0 Å². The maximum absolute atomic E-state index is 5.15. The van der Waals surface area contributed by atoms with Crippen LogP contribution in [-0.2, 0) is 4.74 Å². The molecule has 0 aromatic rings. The van der Waals surface area contributed by atoms with E-state index in [1.807, 2.05) is 19.9 Å². The number of hydrogen-bond acceptors (Lipinski definition) is 1. The van der Waals surface area contributed by atoms with Crippen LogP contribution in [0.25, 0.3) is 0 Å². The van der Waals surface area contributed by atoms with E-state index in [1.165, 1.54) is 0 Å². The predicted octanol–water partition coefficient (Wildman–Crippen LogP) is 2.32. The second-order valence-electron chi connectivity index (χ2n) is 1.32. The Kier molecular flexibility index (Phi) is 5.18. The topological polar surface area (TPSA) is 9.23 Å². The van der Waals surface area contributed by atoms with Crippen molar-refractivity contribution in [2.75, 3.05) is 11.9 Å². The van der Waals surface area contributed by atoms with Crippen molar-refractivity contribution in [2.45, 2.75) is 13.8 Å². The highest BCUT2D eigenvalue weighted by molar-refractivity contribution is 9.09. The Balaban J connectivity index is 3.38. The molecule has 0 aliphatic heterocycles. The molecule has 0 aliphatic rings. The minimum Gasteiger partial charge on any atom is -0.498 e. The third-order valence-corrected chi connectivity index (χ3v) is 1.34. The van der Waals surface area contributed by atoms with Gasteiger partial charge in [-0.25, -0.2) is 0 Å². The normalized spacial score (nSPS) is 11.6. The third-order valence-electron chi connectivity index (χ3n) is 0.783. The van der Waals surface area contributed by atoms with E-state index in [0.717, 1.165) is 17.7 Å². The van der Waals surface area contributed by atoms with Crippen LogP contribution in [0.1, 0.15) is 13.8 Å². The number of halogens is 1. The van der Waals surface area contributed by atoms with Crippen LogP contribution >= 0.6 is 15.9 Å². The molecule has 0 aromatic carbocycles. The fourth-order valence-electron chi connectivity index (χ4n) is 0.384. The fourth-order valence-corrected chi connectivity index (χ4v) is 0.870. The molecule has 0 bridgehead atoms. The molecule has 0 aromatic heterocycles. The van der Waals surface area contributed by atoms with Crippen LogP contribution in [0, 0.1) is 0 Å². The van der Waals surface area contributed by atoms with Gasteiger partial charge in [0, 0.05) is 0 Å². The lowest BCUT2D eigenvalue weighted by Gasteiger charge is -2.01. The molecule has 0 N–H and O–H groups in total. The molecule has 0 rings (SSSR count). The minimum absolute atomic E-state index is 0.755. The van der Waals surface area contributed by atoms with Crippen molar-refractivity contribution in [2.24, 2.45) is 0 Å².